The Morgan fingerprint density at radius 3 is 2.67 bits per heavy atom. The third kappa shape index (κ3) is 4.78. The fourth-order valence-electron chi connectivity index (χ4n) is 3.00. The van der Waals surface area contributed by atoms with Crippen molar-refractivity contribution in [2.24, 2.45) is 0 Å². The molecule has 6 nitrogen and oxygen atoms in total. The molecule has 1 aromatic carbocycles. The van der Waals surface area contributed by atoms with Crippen LogP contribution in [0.3, 0.4) is 0 Å². The minimum absolute atomic E-state index is 0.0986. The van der Waals surface area contributed by atoms with Crippen LogP contribution in [-0.2, 0) is 14.8 Å². The van der Waals surface area contributed by atoms with E-state index in [1.807, 2.05) is 0 Å². The molecule has 134 valence electrons. The van der Waals surface area contributed by atoms with E-state index in [0.29, 0.717) is 12.2 Å². The van der Waals surface area contributed by atoms with Gasteiger partial charge in [0.1, 0.15) is 0 Å². The van der Waals surface area contributed by atoms with Crippen LogP contribution in [0.5, 0.6) is 0 Å². The first-order valence-electron chi connectivity index (χ1n) is 8.31. The van der Waals surface area contributed by atoms with Crippen LogP contribution in [-0.4, -0.2) is 52.6 Å². The molecule has 2 rings (SSSR count). The quantitative estimate of drug-likeness (QED) is 0.760. The maximum Gasteiger partial charge on any atom is 0.253 e. The second-order valence-electron chi connectivity index (χ2n) is 6.13. The van der Waals surface area contributed by atoms with E-state index in [2.05, 4.69) is 4.72 Å². The van der Waals surface area contributed by atoms with Crippen molar-refractivity contribution >= 4 is 15.9 Å². The molecule has 1 saturated carbocycles. The lowest BCUT2D eigenvalue weighted by molar-refractivity contribution is 0.0696. The lowest BCUT2D eigenvalue weighted by Crippen LogP contribution is -2.38. The van der Waals surface area contributed by atoms with Gasteiger partial charge in [-0.1, -0.05) is 25.3 Å². The smallest absolute Gasteiger partial charge is 0.253 e. The highest BCUT2D eigenvalue weighted by Gasteiger charge is 2.24. The van der Waals surface area contributed by atoms with Crippen LogP contribution in [0.15, 0.2) is 29.2 Å². The number of nitrogens with one attached hydrogen (secondary N) is 1. The number of ether oxygens (including phenoxy) is 1. The van der Waals surface area contributed by atoms with Crippen LogP contribution < -0.4 is 4.72 Å². The van der Waals surface area contributed by atoms with Gasteiger partial charge in [0.25, 0.3) is 5.91 Å². The molecule has 0 spiro atoms. The van der Waals surface area contributed by atoms with E-state index in [0.717, 1.165) is 25.7 Å². The largest absolute Gasteiger partial charge is 0.383 e. The van der Waals surface area contributed by atoms with E-state index in [4.69, 9.17) is 4.74 Å². The number of methoxy groups -OCH3 is 1. The third-order valence-electron chi connectivity index (χ3n) is 4.43. The Morgan fingerprint density at radius 2 is 2.00 bits per heavy atom. The normalized spacial score (nSPS) is 16.1. The summed E-state index contributed by atoms with van der Waals surface area (Å²) < 4.78 is 31.8. The highest BCUT2D eigenvalue weighted by atomic mass is 32.2. The summed E-state index contributed by atoms with van der Waals surface area (Å²) in [7, 11) is -0.329. The minimum Gasteiger partial charge on any atom is -0.383 e. The fraction of sp³-hybridized carbons (Fsp3) is 0.588. The molecule has 7 heteroatoms. The maximum absolute atomic E-state index is 12.7. The zero-order chi connectivity index (χ0) is 17.6. The molecule has 0 saturated heterocycles. The number of sulfonamides is 1. The first-order chi connectivity index (χ1) is 11.5. The van der Waals surface area contributed by atoms with Crippen molar-refractivity contribution < 1.29 is 17.9 Å². The van der Waals surface area contributed by atoms with Crippen LogP contribution in [0.25, 0.3) is 0 Å². The number of hydrogen-bond acceptors (Lipinski definition) is 4. The zero-order valence-corrected chi connectivity index (χ0v) is 15.1. The van der Waals surface area contributed by atoms with Crippen molar-refractivity contribution in [2.45, 2.75) is 43.0 Å². The number of hydrogen-bond donors (Lipinski definition) is 1. The lowest BCUT2D eigenvalue weighted by Gasteiger charge is -2.31. The van der Waals surface area contributed by atoms with Crippen LogP contribution in [0.1, 0.15) is 42.5 Å². The van der Waals surface area contributed by atoms with E-state index in [9.17, 15) is 13.2 Å². The second kappa shape index (κ2) is 8.60. The van der Waals surface area contributed by atoms with Crippen molar-refractivity contribution in [3.63, 3.8) is 0 Å². The zero-order valence-electron chi connectivity index (χ0n) is 14.3. The van der Waals surface area contributed by atoms with Gasteiger partial charge in [0.15, 0.2) is 0 Å². The van der Waals surface area contributed by atoms with Crippen LogP contribution in [0.4, 0.5) is 0 Å². The SMILES string of the molecule is COCCNS(=O)(=O)c1cccc(C(=O)N(C)C2CCCCC2)c1. The van der Waals surface area contributed by atoms with Crippen molar-refractivity contribution in [1.29, 1.82) is 0 Å². The van der Waals surface area contributed by atoms with E-state index < -0.39 is 10.0 Å². The van der Waals surface area contributed by atoms with E-state index in [1.54, 1.807) is 24.1 Å². The van der Waals surface area contributed by atoms with Gasteiger partial charge in [-0.3, -0.25) is 4.79 Å². The number of rotatable bonds is 7. The molecule has 1 aliphatic carbocycles. The molecular formula is C17H26N2O4S. The highest BCUT2D eigenvalue weighted by molar-refractivity contribution is 7.89. The Labute approximate surface area is 144 Å². The number of carbonyl (C=O) groups excluding carboxylic acids is 1. The summed E-state index contributed by atoms with van der Waals surface area (Å²) in [4.78, 5) is 14.5. The van der Waals surface area contributed by atoms with Gasteiger partial charge in [0.2, 0.25) is 10.0 Å². The molecule has 24 heavy (non-hydrogen) atoms. The fourth-order valence-corrected chi connectivity index (χ4v) is 4.05. The van der Waals surface area contributed by atoms with Crippen molar-refractivity contribution in [1.82, 2.24) is 9.62 Å². The van der Waals surface area contributed by atoms with Gasteiger partial charge in [0, 0.05) is 32.3 Å². The highest BCUT2D eigenvalue weighted by Crippen LogP contribution is 2.23. The van der Waals surface area contributed by atoms with Crippen molar-refractivity contribution in [2.75, 3.05) is 27.3 Å². The Hall–Kier alpha value is -1.44. The second-order valence-corrected chi connectivity index (χ2v) is 7.89. The summed E-state index contributed by atoms with van der Waals surface area (Å²) in [5, 5.41) is 0. The number of amides is 1. The summed E-state index contributed by atoms with van der Waals surface area (Å²) in [6.45, 7) is 0.487. The van der Waals surface area contributed by atoms with Gasteiger partial charge < -0.3 is 9.64 Å². The number of benzene rings is 1. The van der Waals surface area contributed by atoms with Gasteiger partial charge >= 0.3 is 0 Å². The Morgan fingerprint density at radius 1 is 1.29 bits per heavy atom. The summed E-state index contributed by atoms with van der Waals surface area (Å²) in [6, 6.07) is 6.44. The van der Waals surface area contributed by atoms with Crippen LogP contribution >= 0.6 is 0 Å². The van der Waals surface area contributed by atoms with E-state index in [-0.39, 0.29) is 23.4 Å². The molecule has 0 bridgehead atoms. The standard InChI is InChI=1S/C17H26N2O4S/c1-19(15-8-4-3-5-9-15)17(20)14-7-6-10-16(13-14)24(21,22)18-11-12-23-2/h6-7,10,13,15,18H,3-5,8-9,11-12H2,1-2H3. The molecule has 0 radical (unpaired) electrons. The lowest BCUT2D eigenvalue weighted by atomic mass is 9.94. The number of nitrogens with zero attached hydrogens (tertiary/aromatic N) is 1. The molecule has 0 aliphatic heterocycles. The topological polar surface area (TPSA) is 75.7 Å². The molecule has 1 aliphatic rings. The Kier molecular flexibility index (Phi) is 6.77. The molecule has 1 N–H and O–H groups in total. The van der Waals surface area contributed by atoms with Crippen molar-refractivity contribution in [3.05, 3.63) is 29.8 Å². The molecule has 0 atom stereocenters. The van der Waals surface area contributed by atoms with Gasteiger partial charge in [-0.2, -0.15) is 0 Å². The van der Waals surface area contributed by atoms with E-state index >= 15 is 0 Å². The summed E-state index contributed by atoms with van der Waals surface area (Å²) >= 11 is 0. The first-order valence-corrected chi connectivity index (χ1v) is 9.80. The average Bonchev–Trinajstić information content (AvgIpc) is 2.61. The Balaban J connectivity index is 2.12. The monoisotopic (exact) mass is 354 g/mol. The predicted molar refractivity (Wildman–Crippen MR) is 92.5 cm³/mol. The molecule has 0 heterocycles. The van der Waals surface area contributed by atoms with Crippen LogP contribution in [0, 0.1) is 0 Å². The molecular weight excluding hydrogens is 328 g/mol. The summed E-state index contributed by atoms with van der Waals surface area (Å²) in [5.74, 6) is -0.129. The van der Waals surface area contributed by atoms with Gasteiger partial charge in [-0.05, 0) is 31.0 Å². The predicted octanol–water partition coefficient (Wildman–Crippen LogP) is 2.02. The average molecular weight is 354 g/mol. The third-order valence-corrected chi connectivity index (χ3v) is 5.89. The maximum atomic E-state index is 12.7. The van der Waals surface area contributed by atoms with Crippen molar-refractivity contribution in [3.8, 4) is 0 Å². The molecule has 1 fully saturated rings. The summed E-state index contributed by atoms with van der Waals surface area (Å²) in [6.07, 6.45) is 5.53. The van der Waals surface area contributed by atoms with Gasteiger partial charge in [-0.25, -0.2) is 13.1 Å². The minimum atomic E-state index is -3.64. The molecule has 1 amide bonds. The number of carbonyl (C=O) groups is 1. The van der Waals surface area contributed by atoms with Gasteiger partial charge in [0.05, 0.1) is 11.5 Å². The van der Waals surface area contributed by atoms with E-state index in [1.165, 1.54) is 25.7 Å². The molecule has 1 aromatic rings. The van der Waals surface area contributed by atoms with Crippen LogP contribution in [0.2, 0.25) is 0 Å². The van der Waals surface area contributed by atoms with Gasteiger partial charge in [-0.15, -0.1) is 0 Å². The summed E-state index contributed by atoms with van der Waals surface area (Å²) in [5.41, 5.74) is 0.401. The molecule has 0 aromatic heterocycles. The molecule has 0 unspecified atom stereocenters. The first kappa shape index (κ1) is 18.9. The Bertz CT molecular complexity index is 654.